The molecule has 0 aliphatic rings. The van der Waals surface area contributed by atoms with Gasteiger partial charge in [-0.05, 0) is 37.1 Å². The fourth-order valence-electron chi connectivity index (χ4n) is 2.72. The van der Waals surface area contributed by atoms with Crippen LogP contribution >= 0.6 is 23.2 Å². The van der Waals surface area contributed by atoms with Crippen molar-refractivity contribution in [3.8, 4) is 5.75 Å². The number of hydrogen-bond donors (Lipinski definition) is 3. The van der Waals surface area contributed by atoms with Crippen molar-refractivity contribution in [2.75, 3.05) is 0 Å². The summed E-state index contributed by atoms with van der Waals surface area (Å²) in [5, 5.41) is 27.2. The molecule has 3 aromatic rings. The lowest BCUT2D eigenvalue weighted by atomic mass is 9.90. The molecule has 0 saturated heterocycles. The number of hydrogen-bond acceptors (Lipinski definition) is 3. The zero-order valence-corrected chi connectivity index (χ0v) is 17.8. The Kier molecular flexibility index (Phi) is 7.86. The number of phenols is 1. The number of aromatic carboxylic acids is 1. The smallest absolute Gasteiger partial charge is 0.339 e. The zero-order chi connectivity index (χ0) is 22.4. The van der Waals surface area contributed by atoms with Gasteiger partial charge in [0.2, 0.25) is 0 Å². The summed E-state index contributed by atoms with van der Waals surface area (Å²) in [6.07, 6.45) is 0. The summed E-state index contributed by atoms with van der Waals surface area (Å²) >= 11 is 11.0. The van der Waals surface area contributed by atoms with Gasteiger partial charge in [-0.3, -0.25) is 4.79 Å². The van der Waals surface area contributed by atoms with Crippen molar-refractivity contribution in [1.29, 1.82) is 0 Å². The van der Waals surface area contributed by atoms with Crippen molar-refractivity contribution in [3.63, 3.8) is 0 Å². The van der Waals surface area contributed by atoms with Crippen molar-refractivity contribution < 1.29 is 24.9 Å². The van der Waals surface area contributed by atoms with E-state index in [9.17, 15) is 14.7 Å². The molecule has 0 saturated carbocycles. The van der Waals surface area contributed by atoms with Gasteiger partial charge < -0.3 is 15.3 Å². The van der Waals surface area contributed by atoms with E-state index in [4.69, 9.17) is 33.4 Å². The zero-order valence-electron chi connectivity index (χ0n) is 16.3. The van der Waals surface area contributed by atoms with Gasteiger partial charge in [0.05, 0.1) is 5.02 Å². The van der Waals surface area contributed by atoms with E-state index in [0.717, 1.165) is 28.3 Å². The van der Waals surface area contributed by atoms with Crippen LogP contribution in [0, 0.1) is 13.8 Å². The monoisotopic (exact) mass is 446 g/mol. The molecule has 0 aliphatic carbocycles. The highest BCUT2D eigenvalue weighted by Crippen LogP contribution is 2.31. The van der Waals surface area contributed by atoms with Crippen LogP contribution in [-0.2, 0) is 4.79 Å². The lowest BCUT2D eigenvalue weighted by molar-refractivity contribution is -0.137. The Labute approximate surface area is 184 Å². The van der Waals surface area contributed by atoms with Gasteiger partial charge in [0, 0.05) is 5.02 Å². The molecule has 0 atom stereocenters. The molecule has 0 aliphatic heterocycles. The summed E-state index contributed by atoms with van der Waals surface area (Å²) in [5.74, 6) is -3.14. The minimum atomic E-state index is -1.27. The predicted molar refractivity (Wildman–Crippen MR) is 117 cm³/mol. The molecule has 0 spiro atoms. The summed E-state index contributed by atoms with van der Waals surface area (Å²) in [5.41, 5.74) is 3.60. The van der Waals surface area contributed by atoms with Gasteiger partial charge in [-0.15, -0.1) is 0 Å². The van der Waals surface area contributed by atoms with E-state index in [2.05, 4.69) is 0 Å². The lowest BCUT2D eigenvalue weighted by Crippen LogP contribution is -2.13. The highest BCUT2D eigenvalue weighted by atomic mass is 35.5. The van der Waals surface area contributed by atoms with Crippen molar-refractivity contribution in [2.45, 2.75) is 19.8 Å². The Morgan fingerprint density at radius 3 is 1.60 bits per heavy atom. The fraction of sp³-hybridized carbons (Fsp3) is 0.130. The number of benzene rings is 3. The van der Waals surface area contributed by atoms with Crippen LogP contribution in [0.3, 0.4) is 0 Å². The van der Waals surface area contributed by atoms with Crippen LogP contribution in [0.5, 0.6) is 5.75 Å². The van der Waals surface area contributed by atoms with E-state index in [1.54, 1.807) is 0 Å². The molecule has 7 heteroatoms. The largest absolute Gasteiger partial charge is 0.505 e. The number of aryl methyl sites for hydroxylation is 2. The van der Waals surface area contributed by atoms with E-state index in [1.165, 1.54) is 6.07 Å². The molecule has 0 heterocycles. The van der Waals surface area contributed by atoms with Crippen LogP contribution in [0.15, 0.2) is 60.7 Å². The van der Waals surface area contributed by atoms with Crippen molar-refractivity contribution >= 4 is 35.1 Å². The number of aromatic hydroxyl groups is 1. The average molecular weight is 447 g/mol. The molecule has 3 N–H and O–H groups in total. The Hall–Kier alpha value is -3.02. The molecular formula is C23H20Cl2O5. The SMILES string of the molecule is Cc1ccc(C(C(=O)O)c2ccc(C)cc2)cc1.O=C(O)c1cc(Cl)cc(Cl)c1O. The van der Waals surface area contributed by atoms with Gasteiger partial charge >= 0.3 is 11.9 Å². The topological polar surface area (TPSA) is 94.8 Å². The molecule has 0 fully saturated rings. The summed E-state index contributed by atoms with van der Waals surface area (Å²) < 4.78 is 0. The van der Waals surface area contributed by atoms with Crippen molar-refractivity contribution in [2.24, 2.45) is 0 Å². The first kappa shape index (κ1) is 23.3. The number of carbonyl (C=O) groups is 2. The lowest BCUT2D eigenvalue weighted by Gasteiger charge is -2.13. The van der Waals surface area contributed by atoms with Gasteiger partial charge in [0.25, 0.3) is 0 Å². The maximum Gasteiger partial charge on any atom is 0.339 e. The molecule has 0 bridgehead atoms. The average Bonchev–Trinajstić information content (AvgIpc) is 2.68. The predicted octanol–water partition coefficient (Wildman–Crippen LogP) is 5.92. The molecule has 3 aromatic carbocycles. The molecule has 0 unspecified atom stereocenters. The number of rotatable bonds is 4. The Bertz CT molecular complexity index is 999. The van der Waals surface area contributed by atoms with Crippen LogP contribution in [-0.4, -0.2) is 27.3 Å². The van der Waals surface area contributed by atoms with Crippen LogP contribution in [0.1, 0.15) is 38.5 Å². The van der Waals surface area contributed by atoms with E-state index < -0.39 is 23.6 Å². The second kappa shape index (κ2) is 10.1. The first-order valence-corrected chi connectivity index (χ1v) is 9.63. The molecular weight excluding hydrogens is 427 g/mol. The van der Waals surface area contributed by atoms with Gasteiger partial charge in [0.15, 0.2) is 0 Å². The highest BCUT2D eigenvalue weighted by Gasteiger charge is 2.21. The molecule has 30 heavy (non-hydrogen) atoms. The van der Waals surface area contributed by atoms with Crippen molar-refractivity contribution in [1.82, 2.24) is 0 Å². The molecule has 3 rings (SSSR count). The van der Waals surface area contributed by atoms with Gasteiger partial charge in [-0.1, -0.05) is 82.9 Å². The normalized spacial score (nSPS) is 10.3. The Morgan fingerprint density at radius 2 is 1.23 bits per heavy atom. The molecule has 0 amide bonds. The van der Waals surface area contributed by atoms with E-state index in [1.807, 2.05) is 62.4 Å². The minimum Gasteiger partial charge on any atom is -0.505 e. The van der Waals surface area contributed by atoms with Gasteiger partial charge in [-0.2, -0.15) is 0 Å². The third-order valence-electron chi connectivity index (χ3n) is 4.33. The molecule has 5 nitrogen and oxygen atoms in total. The number of halogens is 2. The van der Waals surface area contributed by atoms with Gasteiger partial charge in [-0.25, -0.2) is 4.79 Å². The third kappa shape index (κ3) is 5.99. The standard InChI is InChI=1S/C16H16O2.C7H4Cl2O3/c1-11-3-7-13(8-4-11)15(16(17)18)14-9-5-12(2)6-10-14;8-3-1-4(7(11)12)6(10)5(9)2-3/h3-10,15H,1-2H3,(H,17,18);1-2,10H,(H,11,12). The quantitative estimate of drug-likeness (QED) is 0.462. The molecule has 0 aromatic heterocycles. The van der Waals surface area contributed by atoms with Crippen LogP contribution < -0.4 is 0 Å². The maximum absolute atomic E-state index is 11.5. The van der Waals surface area contributed by atoms with Crippen LogP contribution in [0.2, 0.25) is 10.0 Å². The first-order valence-electron chi connectivity index (χ1n) is 8.87. The Balaban J connectivity index is 0.000000232. The van der Waals surface area contributed by atoms with Gasteiger partial charge in [0.1, 0.15) is 17.2 Å². The minimum absolute atomic E-state index is 0.0695. The summed E-state index contributed by atoms with van der Waals surface area (Å²) in [6, 6.07) is 17.7. The Morgan fingerprint density at radius 1 is 0.800 bits per heavy atom. The second-order valence-electron chi connectivity index (χ2n) is 6.68. The summed E-state index contributed by atoms with van der Waals surface area (Å²) in [6.45, 7) is 3.98. The summed E-state index contributed by atoms with van der Waals surface area (Å²) in [4.78, 5) is 21.9. The third-order valence-corrected chi connectivity index (χ3v) is 4.83. The van der Waals surface area contributed by atoms with Crippen molar-refractivity contribution in [3.05, 3.63) is 98.5 Å². The molecule has 156 valence electrons. The fourth-order valence-corrected chi connectivity index (χ4v) is 3.22. The summed E-state index contributed by atoms with van der Waals surface area (Å²) in [7, 11) is 0. The van der Waals surface area contributed by atoms with E-state index in [-0.39, 0.29) is 15.6 Å². The van der Waals surface area contributed by atoms with Crippen LogP contribution in [0.25, 0.3) is 0 Å². The number of carboxylic acid groups (broad SMARTS) is 2. The van der Waals surface area contributed by atoms with E-state index in [0.29, 0.717) is 0 Å². The maximum atomic E-state index is 11.5. The molecule has 0 radical (unpaired) electrons. The second-order valence-corrected chi connectivity index (χ2v) is 7.53. The first-order chi connectivity index (χ1) is 14.1. The van der Waals surface area contributed by atoms with Crippen LogP contribution in [0.4, 0.5) is 0 Å². The highest BCUT2D eigenvalue weighted by molar-refractivity contribution is 6.36. The van der Waals surface area contributed by atoms with E-state index >= 15 is 0 Å². The number of carboxylic acids is 2. The number of aliphatic carboxylic acids is 1.